The van der Waals surface area contributed by atoms with Crippen LogP contribution in [-0.4, -0.2) is 24.6 Å². The van der Waals surface area contributed by atoms with E-state index in [1.807, 2.05) is 25.3 Å². The third-order valence-corrected chi connectivity index (χ3v) is 4.54. The van der Waals surface area contributed by atoms with Crippen LogP contribution in [0.1, 0.15) is 22.8 Å². The lowest BCUT2D eigenvalue weighted by atomic mass is 10.1. The Morgan fingerprint density at radius 2 is 1.90 bits per heavy atom. The van der Waals surface area contributed by atoms with Crippen LogP contribution < -0.4 is 21.7 Å². The smallest absolute Gasteiger partial charge is 0.407 e. The first-order valence-electron chi connectivity index (χ1n) is 9.30. The Morgan fingerprint density at radius 1 is 1.14 bits per heavy atom. The van der Waals surface area contributed by atoms with Crippen LogP contribution in [-0.2, 0) is 11.3 Å². The molecule has 7 heteroatoms. The maximum Gasteiger partial charge on any atom is 0.407 e. The number of benzene rings is 2. The lowest BCUT2D eigenvalue weighted by molar-refractivity contribution is 0.102. The summed E-state index contributed by atoms with van der Waals surface area (Å²) in [5.41, 5.74) is 9.27. The molecule has 1 heterocycles. The Kier molecular flexibility index (Phi) is 6.52. The number of nitrogens with two attached hydrogens (primary N) is 1. The first-order chi connectivity index (χ1) is 14.0. The minimum absolute atomic E-state index is 0.137. The number of rotatable bonds is 6. The van der Waals surface area contributed by atoms with Gasteiger partial charge in [0.05, 0.1) is 11.4 Å². The molecule has 1 atom stereocenters. The zero-order valence-electron chi connectivity index (χ0n) is 16.1. The number of hydrogen-bond donors (Lipinski definition) is 4. The molecular formula is C22H24N4O3. The van der Waals surface area contributed by atoms with Crippen molar-refractivity contribution in [3.05, 3.63) is 83.6 Å². The van der Waals surface area contributed by atoms with Gasteiger partial charge in [0, 0.05) is 18.2 Å². The molecule has 5 N–H and O–H groups in total. The van der Waals surface area contributed by atoms with Gasteiger partial charge in [-0.15, -0.1) is 0 Å². The predicted molar refractivity (Wildman–Crippen MR) is 113 cm³/mol. The number of allylic oxidation sites excluding steroid dienone is 2. The molecule has 0 fully saturated rings. The van der Waals surface area contributed by atoms with Crippen LogP contribution in [0.3, 0.4) is 0 Å². The molecule has 29 heavy (non-hydrogen) atoms. The first kappa shape index (κ1) is 20.0. The second kappa shape index (κ2) is 9.45. The molecule has 0 radical (unpaired) electrons. The van der Waals surface area contributed by atoms with Crippen molar-refractivity contribution in [1.82, 2.24) is 10.6 Å². The summed E-state index contributed by atoms with van der Waals surface area (Å²) in [7, 11) is 0. The van der Waals surface area contributed by atoms with Crippen molar-refractivity contribution in [2.75, 3.05) is 17.7 Å². The highest BCUT2D eigenvalue weighted by atomic mass is 16.5. The molecule has 3 rings (SSSR count). The van der Waals surface area contributed by atoms with Crippen LogP contribution in [0.15, 0.2) is 72.5 Å². The van der Waals surface area contributed by atoms with Gasteiger partial charge in [-0.1, -0.05) is 30.3 Å². The van der Waals surface area contributed by atoms with E-state index in [1.54, 1.807) is 48.5 Å². The Hall–Kier alpha value is -3.74. The fourth-order valence-corrected chi connectivity index (χ4v) is 2.75. The van der Waals surface area contributed by atoms with E-state index in [4.69, 9.17) is 10.5 Å². The Labute approximate surface area is 169 Å². The summed E-state index contributed by atoms with van der Waals surface area (Å²) >= 11 is 0. The number of para-hydroxylation sites is 2. The average molecular weight is 392 g/mol. The highest BCUT2D eigenvalue weighted by Crippen LogP contribution is 2.18. The molecule has 1 aliphatic heterocycles. The molecule has 2 amide bonds. The molecule has 0 bridgehead atoms. The van der Waals surface area contributed by atoms with Crippen LogP contribution in [0.25, 0.3) is 0 Å². The molecule has 0 spiro atoms. The third-order valence-electron chi connectivity index (χ3n) is 4.54. The number of amides is 2. The molecular weight excluding hydrogens is 368 g/mol. The fourth-order valence-electron chi connectivity index (χ4n) is 2.75. The molecule has 2 aromatic carbocycles. The van der Waals surface area contributed by atoms with Gasteiger partial charge in [0.15, 0.2) is 0 Å². The van der Waals surface area contributed by atoms with Crippen molar-refractivity contribution in [2.45, 2.75) is 19.5 Å². The minimum Gasteiger partial charge on any atom is -0.445 e. The van der Waals surface area contributed by atoms with E-state index in [1.165, 1.54) is 0 Å². The van der Waals surface area contributed by atoms with E-state index in [9.17, 15) is 9.59 Å². The van der Waals surface area contributed by atoms with Gasteiger partial charge in [0.25, 0.3) is 5.91 Å². The number of ether oxygens (including phenoxy) is 1. The second-order valence-electron chi connectivity index (χ2n) is 6.66. The zero-order chi connectivity index (χ0) is 20.6. The Morgan fingerprint density at radius 3 is 2.62 bits per heavy atom. The summed E-state index contributed by atoms with van der Waals surface area (Å²) in [6.07, 6.45) is 5.17. The fraction of sp³-hybridized carbons (Fsp3) is 0.182. The van der Waals surface area contributed by atoms with E-state index in [0.717, 1.165) is 11.1 Å². The van der Waals surface area contributed by atoms with E-state index < -0.39 is 6.09 Å². The van der Waals surface area contributed by atoms with E-state index >= 15 is 0 Å². The molecule has 7 nitrogen and oxygen atoms in total. The minimum atomic E-state index is -0.492. The predicted octanol–water partition coefficient (Wildman–Crippen LogP) is 3.18. The molecule has 0 saturated carbocycles. The van der Waals surface area contributed by atoms with Crippen LogP contribution in [0.4, 0.5) is 16.2 Å². The number of nitrogens with one attached hydrogen (secondary N) is 3. The number of dihydropyridines is 1. The number of carbonyl (C=O) groups is 2. The second-order valence-corrected chi connectivity index (χ2v) is 6.66. The SMILES string of the molecule is CC1NC=CC=C1COC(=O)NCc1ccc(C(=O)Nc2ccccc2N)cc1. The van der Waals surface area contributed by atoms with Crippen molar-refractivity contribution >= 4 is 23.4 Å². The highest BCUT2D eigenvalue weighted by molar-refractivity contribution is 6.05. The normalized spacial score (nSPS) is 15.1. The summed E-state index contributed by atoms with van der Waals surface area (Å²) in [6.45, 7) is 2.53. The van der Waals surface area contributed by atoms with Crippen LogP contribution in [0.2, 0.25) is 0 Å². The summed E-state index contributed by atoms with van der Waals surface area (Å²) in [5.74, 6) is -0.251. The number of anilines is 2. The van der Waals surface area contributed by atoms with Crippen LogP contribution >= 0.6 is 0 Å². The molecule has 1 aliphatic rings. The van der Waals surface area contributed by atoms with E-state index in [-0.39, 0.29) is 18.6 Å². The van der Waals surface area contributed by atoms with Gasteiger partial charge in [-0.2, -0.15) is 0 Å². The van der Waals surface area contributed by atoms with Gasteiger partial charge >= 0.3 is 6.09 Å². The van der Waals surface area contributed by atoms with Crippen molar-refractivity contribution < 1.29 is 14.3 Å². The molecule has 0 aliphatic carbocycles. The summed E-state index contributed by atoms with van der Waals surface area (Å²) < 4.78 is 5.25. The van der Waals surface area contributed by atoms with Crippen molar-refractivity contribution in [1.29, 1.82) is 0 Å². The van der Waals surface area contributed by atoms with Crippen LogP contribution in [0, 0.1) is 0 Å². The first-order valence-corrected chi connectivity index (χ1v) is 9.30. The topological polar surface area (TPSA) is 105 Å². The lowest BCUT2D eigenvalue weighted by Crippen LogP contribution is -2.30. The molecule has 0 aromatic heterocycles. The summed E-state index contributed by atoms with van der Waals surface area (Å²) in [6, 6.07) is 14.2. The van der Waals surface area contributed by atoms with E-state index in [2.05, 4.69) is 16.0 Å². The molecule has 0 saturated heterocycles. The van der Waals surface area contributed by atoms with Gasteiger partial charge in [-0.25, -0.2) is 4.79 Å². The van der Waals surface area contributed by atoms with Gasteiger partial charge in [0.1, 0.15) is 6.61 Å². The van der Waals surface area contributed by atoms with Gasteiger partial charge in [-0.3, -0.25) is 4.79 Å². The van der Waals surface area contributed by atoms with Gasteiger partial charge in [0.2, 0.25) is 0 Å². The molecule has 2 aromatic rings. The van der Waals surface area contributed by atoms with Crippen molar-refractivity contribution in [2.24, 2.45) is 0 Å². The lowest BCUT2D eigenvalue weighted by Gasteiger charge is -2.19. The van der Waals surface area contributed by atoms with E-state index in [0.29, 0.717) is 23.5 Å². The number of nitrogen functional groups attached to an aromatic ring is 1. The Balaban J connectivity index is 1.47. The Bertz CT molecular complexity index is 935. The average Bonchev–Trinajstić information content (AvgIpc) is 2.73. The number of alkyl carbamates (subject to hydrolysis) is 1. The maximum absolute atomic E-state index is 12.3. The number of carbonyl (C=O) groups excluding carboxylic acids is 2. The maximum atomic E-state index is 12.3. The summed E-state index contributed by atoms with van der Waals surface area (Å²) in [4.78, 5) is 24.2. The monoisotopic (exact) mass is 392 g/mol. The standard InChI is InChI=1S/C22H24N4O3/c1-15-18(5-4-12-24-15)14-29-22(28)25-13-16-8-10-17(11-9-16)21(27)26-20-7-3-2-6-19(20)23/h2-12,15,24H,13-14,23H2,1H3,(H,25,28)(H,26,27). The summed E-state index contributed by atoms with van der Waals surface area (Å²) in [5, 5.41) is 8.63. The quantitative estimate of drug-likeness (QED) is 0.565. The van der Waals surface area contributed by atoms with Crippen molar-refractivity contribution in [3.63, 3.8) is 0 Å². The van der Waals surface area contributed by atoms with Gasteiger partial charge < -0.3 is 26.4 Å². The van der Waals surface area contributed by atoms with Crippen LogP contribution in [0.5, 0.6) is 0 Å². The largest absolute Gasteiger partial charge is 0.445 e. The van der Waals surface area contributed by atoms with Crippen molar-refractivity contribution in [3.8, 4) is 0 Å². The molecule has 1 unspecified atom stereocenters. The zero-order valence-corrected chi connectivity index (χ0v) is 16.1. The van der Waals surface area contributed by atoms with Gasteiger partial charge in [-0.05, 0) is 54.6 Å². The molecule has 150 valence electrons. The number of hydrogen-bond acceptors (Lipinski definition) is 5. The highest BCUT2D eigenvalue weighted by Gasteiger charge is 2.12. The third kappa shape index (κ3) is 5.62.